The normalized spacial score (nSPS) is 20.4. The fourth-order valence-electron chi connectivity index (χ4n) is 1.91. The molecule has 0 spiro atoms. The van der Waals surface area contributed by atoms with Crippen molar-refractivity contribution in [2.24, 2.45) is 0 Å². The van der Waals surface area contributed by atoms with E-state index in [1.807, 2.05) is 0 Å². The highest BCUT2D eigenvalue weighted by atomic mass is 127. The summed E-state index contributed by atoms with van der Waals surface area (Å²) in [5.74, 6) is -1.60. The van der Waals surface area contributed by atoms with Gasteiger partial charge in [-0.2, -0.15) is 0 Å². The average Bonchev–Trinajstić information content (AvgIpc) is 2.73. The van der Waals surface area contributed by atoms with Crippen LogP contribution >= 0.6 is 34.4 Å². The Bertz CT molecular complexity index is 643. The van der Waals surface area contributed by atoms with Gasteiger partial charge in [0.05, 0.1) is 20.8 Å². The van der Waals surface area contributed by atoms with E-state index in [0.29, 0.717) is 6.42 Å². The van der Waals surface area contributed by atoms with Gasteiger partial charge in [0.1, 0.15) is 11.6 Å². The zero-order valence-corrected chi connectivity index (χ0v) is 14.5. The van der Waals surface area contributed by atoms with Gasteiger partial charge in [0, 0.05) is 10.9 Å². The van der Waals surface area contributed by atoms with Crippen LogP contribution in [0.4, 0.5) is 14.5 Å². The molecule has 21 heavy (non-hydrogen) atoms. The molecule has 1 amide bonds. The number of rotatable bonds is 4. The third-order valence-corrected chi connectivity index (χ3v) is 7.22. The Balaban J connectivity index is 1.88. The number of sulfone groups is 1. The lowest BCUT2D eigenvalue weighted by molar-refractivity contribution is -0.113. The topological polar surface area (TPSA) is 63.2 Å². The quantitative estimate of drug-likeness (QED) is 0.569. The molecule has 2 rings (SSSR count). The lowest BCUT2D eigenvalue weighted by Crippen LogP contribution is -2.17. The number of hydrogen-bond donors (Lipinski definition) is 1. The monoisotopic (exact) mass is 447 g/mol. The van der Waals surface area contributed by atoms with Crippen molar-refractivity contribution in [3.05, 3.63) is 27.3 Å². The Morgan fingerprint density at radius 3 is 2.52 bits per heavy atom. The highest BCUT2D eigenvalue weighted by Crippen LogP contribution is 2.25. The fourth-order valence-corrected chi connectivity index (χ4v) is 5.67. The number of nitrogens with one attached hydrogen (secondary N) is 1. The van der Waals surface area contributed by atoms with Gasteiger partial charge in [-0.3, -0.25) is 4.79 Å². The van der Waals surface area contributed by atoms with E-state index < -0.39 is 27.4 Å². The maximum Gasteiger partial charge on any atom is 0.234 e. The lowest BCUT2D eigenvalue weighted by Gasteiger charge is -2.09. The van der Waals surface area contributed by atoms with Crippen molar-refractivity contribution in [1.29, 1.82) is 0 Å². The second-order valence-electron chi connectivity index (χ2n) is 4.64. The number of halogens is 3. The van der Waals surface area contributed by atoms with Crippen LogP contribution in [0.15, 0.2) is 12.1 Å². The first kappa shape index (κ1) is 16.9. The Morgan fingerprint density at radius 1 is 1.38 bits per heavy atom. The summed E-state index contributed by atoms with van der Waals surface area (Å²) in [5, 5.41) is 2.31. The number of hydrogen-bond acceptors (Lipinski definition) is 4. The van der Waals surface area contributed by atoms with E-state index >= 15 is 0 Å². The summed E-state index contributed by atoms with van der Waals surface area (Å²) < 4.78 is 49.1. The van der Waals surface area contributed by atoms with Crippen LogP contribution in [0.1, 0.15) is 6.42 Å². The second kappa shape index (κ2) is 6.78. The average molecular weight is 447 g/mol. The number of carbonyl (C=O) groups is 1. The Kier molecular flexibility index (Phi) is 5.47. The summed E-state index contributed by atoms with van der Waals surface area (Å²) in [6.45, 7) is 0. The smallest absolute Gasteiger partial charge is 0.234 e. The summed E-state index contributed by atoms with van der Waals surface area (Å²) >= 11 is 2.79. The summed E-state index contributed by atoms with van der Waals surface area (Å²) in [6, 6.07) is 2.10. The summed E-state index contributed by atoms with van der Waals surface area (Å²) in [6.07, 6.45) is 0.535. The molecule has 1 atom stereocenters. The standard InChI is InChI=1S/C12H12F2INO3S2/c13-9-3-7(4-10(14)12(9)15)16-11(17)5-20-8-1-2-21(18,19)6-8/h3-4,8H,1-2,5-6H2,(H,16,17). The van der Waals surface area contributed by atoms with Gasteiger partial charge < -0.3 is 5.32 Å². The highest BCUT2D eigenvalue weighted by Gasteiger charge is 2.28. The molecule has 0 aromatic heterocycles. The Morgan fingerprint density at radius 2 is 2.00 bits per heavy atom. The first-order chi connectivity index (χ1) is 9.77. The van der Waals surface area contributed by atoms with Crippen molar-refractivity contribution in [3.63, 3.8) is 0 Å². The molecule has 1 fully saturated rings. The van der Waals surface area contributed by atoms with Gasteiger partial charge in [-0.05, 0) is 41.1 Å². The maximum absolute atomic E-state index is 13.3. The molecule has 1 aromatic rings. The second-order valence-corrected chi connectivity index (χ2v) is 9.23. The molecule has 9 heteroatoms. The third kappa shape index (κ3) is 4.78. The zero-order valence-electron chi connectivity index (χ0n) is 10.7. The van der Waals surface area contributed by atoms with Gasteiger partial charge in [0.15, 0.2) is 9.84 Å². The highest BCUT2D eigenvalue weighted by molar-refractivity contribution is 14.1. The summed E-state index contributed by atoms with van der Waals surface area (Å²) in [4.78, 5) is 11.7. The first-order valence-corrected chi connectivity index (χ1v) is 9.98. The molecule has 0 bridgehead atoms. The van der Waals surface area contributed by atoms with E-state index in [1.54, 1.807) is 22.6 Å². The number of thioether (sulfide) groups is 1. The van der Waals surface area contributed by atoms with Crippen molar-refractivity contribution in [2.75, 3.05) is 22.6 Å². The Hall–Kier alpha value is -0.420. The van der Waals surface area contributed by atoms with Crippen molar-refractivity contribution in [2.45, 2.75) is 11.7 Å². The maximum atomic E-state index is 13.3. The van der Waals surface area contributed by atoms with Gasteiger partial charge in [-0.15, -0.1) is 11.8 Å². The molecule has 0 aliphatic carbocycles. The molecule has 1 aromatic carbocycles. The third-order valence-electron chi connectivity index (χ3n) is 2.91. The van der Waals surface area contributed by atoms with Crippen molar-refractivity contribution >= 4 is 55.8 Å². The molecule has 0 radical (unpaired) electrons. The molecule has 1 heterocycles. The van der Waals surface area contributed by atoms with Crippen LogP contribution < -0.4 is 5.32 Å². The molecular weight excluding hydrogens is 435 g/mol. The van der Waals surface area contributed by atoms with E-state index in [-0.39, 0.29) is 31.8 Å². The number of amides is 1. The van der Waals surface area contributed by atoms with E-state index in [1.165, 1.54) is 11.8 Å². The molecule has 4 nitrogen and oxygen atoms in total. The van der Waals surface area contributed by atoms with Crippen molar-refractivity contribution in [1.82, 2.24) is 0 Å². The van der Waals surface area contributed by atoms with Crippen LogP contribution in [0, 0.1) is 15.2 Å². The van der Waals surface area contributed by atoms with E-state index in [2.05, 4.69) is 5.32 Å². The van der Waals surface area contributed by atoms with Crippen LogP contribution in [0.5, 0.6) is 0 Å². The summed E-state index contributed by atoms with van der Waals surface area (Å²) in [5.41, 5.74) is 0.0510. The SMILES string of the molecule is O=C(CSC1CCS(=O)(=O)C1)Nc1cc(F)c(I)c(F)c1. The molecule has 1 saturated heterocycles. The minimum Gasteiger partial charge on any atom is -0.325 e. The minimum atomic E-state index is -2.97. The van der Waals surface area contributed by atoms with Crippen LogP contribution in [-0.2, 0) is 14.6 Å². The predicted octanol–water partition coefficient (Wildman–Crippen LogP) is 2.43. The number of anilines is 1. The molecule has 0 saturated carbocycles. The largest absolute Gasteiger partial charge is 0.325 e. The molecule has 1 aliphatic heterocycles. The zero-order chi connectivity index (χ0) is 15.6. The van der Waals surface area contributed by atoms with Gasteiger partial charge in [0.2, 0.25) is 5.91 Å². The van der Waals surface area contributed by atoms with E-state index in [9.17, 15) is 22.0 Å². The predicted molar refractivity (Wildman–Crippen MR) is 87.2 cm³/mol. The molecule has 116 valence electrons. The van der Waals surface area contributed by atoms with Gasteiger partial charge in [0.25, 0.3) is 0 Å². The van der Waals surface area contributed by atoms with Crippen LogP contribution in [0.3, 0.4) is 0 Å². The Labute approximate surface area is 139 Å². The molecule has 1 aliphatic rings. The van der Waals surface area contributed by atoms with Crippen LogP contribution in [-0.4, -0.2) is 36.8 Å². The van der Waals surface area contributed by atoms with Crippen LogP contribution in [0.2, 0.25) is 0 Å². The van der Waals surface area contributed by atoms with Crippen molar-refractivity contribution < 1.29 is 22.0 Å². The molecule has 1 N–H and O–H groups in total. The first-order valence-electron chi connectivity index (χ1n) is 6.03. The van der Waals surface area contributed by atoms with Gasteiger partial charge in [-0.1, -0.05) is 0 Å². The number of benzene rings is 1. The number of carbonyl (C=O) groups excluding carboxylic acids is 1. The van der Waals surface area contributed by atoms with Gasteiger partial charge in [-0.25, -0.2) is 17.2 Å². The minimum absolute atomic E-state index is 0.0510. The molecular formula is C12H12F2INO3S2. The van der Waals surface area contributed by atoms with Crippen LogP contribution in [0.25, 0.3) is 0 Å². The molecule has 1 unspecified atom stereocenters. The lowest BCUT2D eigenvalue weighted by atomic mass is 10.3. The van der Waals surface area contributed by atoms with Gasteiger partial charge >= 0.3 is 0 Å². The fraction of sp³-hybridized carbons (Fsp3) is 0.417. The van der Waals surface area contributed by atoms with Crippen molar-refractivity contribution in [3.8, 4) is 0 Å². The van der Waals surface area contributed by atoms with E-state index in [0.717, 1.165) is 12.1 Å². The summed E-state index contributed by atoms with van der Waals surface area (Å²) in [7, 11) is -2.97. The van der Waals surface area contributed by atoms with E-state index in [4.69, 9.17) is 0 Å².